The van der Waals surface area contributed by atoms with Gasteiger partial charge in [-0.15, -0.1) is 0 Å². The minimum atomic E-state index is -0.358. The zero-order valence-corrected chi connectivity index (χ0v) is 37.9. The molecule has 16 nitrogen and oxygen atoms in total. The fourth-order valence-corrected chi connectivity index (χ4v) is 10.5. The highest BCUT2D eigenvalue weighted by molar-refractivity contribution is 6.05. The Hall–Kier alpha value is -6.42. The number of urea groups is 1. The van der Waals surface area contributed by atoms with E-state index in [1.807, 2.05) is 52.2 Å². The number of imide groups is 1. The molecule has 3 unspecified atom stereocenters. The lowest BCUT2D eigenvalue weighted by Gasteiger charge is -2.36. The van der Waals surface area contributed by atoms with Gasteiger partial charge in [-0.05, 0) is 103 Å². The number of carbonyl (C=O) groups is 3. The summed E-state index contributed by atoms with van der Waals surface area (Å²) in [5.41, 5.74) is 8.50. The summed E-state index contributed by atoms with van der Waals surface area (Å²) >= 11 is 0. The van der Waals surface area contributed by atoms with Gasteiger partial charge >= 0.3 is 6.03 Å². The number of aromatic amines is 1. The monoisotopic (exact) mass is 878 g/mol. The molecule has 0 spiro atoms. The Morgan fingerprint density at radius 1 is 0.908 bits per heavy atom. The molecular weight excluding hydrogens is 821 g/mol. The predicted molar refractivity (Wildman–Crippen MR) is 249 cm³/mol. The molecule has 4 fully saturated rings. The van der Waals surface area contributed by atoms with E-state index >= 15 is 0 Å². The lowest BCUT2D eigenvalue weighted by atomic mass is 9.83. The maximum absolute atomic E-state index is 13.0. The Bertz CT molecular complexity index is 2640. The maximum Gasteiger partial charge on any atom is 0.328 e. The van der Waals surface area contributed by atoms with E-state index in [1.54, 1.807) is 4.90 Å². The van der Waals surface area contributed by atoms with Crippen LogP contribution in [0.1, 0.15) is 82.5 Å². The van der Waals surface area contributed by atoms with E-state index in [4.69, 9.17) is 19.6 Å². The van der Waals surface area contributed by atoms with E-state index in [-0.39, 0.29) is 41.0 Å². The third kappa shape index (κ3) is 8.75. The van der Waals surface area contributed by atoms with Crippen LogP contribution in [0.25, 0.3) is 27.9 Å². The summed E-state index contributed by atoms with van der Waals surface area (Å²) in [6.45, 7) is 18.1. The number of aromatic nitrogens is 6. The number of nitrogens with one attached hydrogen (secondary N) is 3. The van der Waals surface area contributed by atoms with E-state index in [0.29, 0.717) is 36.6 Å². The number of hydrogen-bond donors (Lipinski definition) is 3. The first kappa shape index (κ1) is 42.5. The van der Waals surface area contributed by atoms with E-state index in [2.05, 4.69) is 90.0 Å². The van der Waals surface area contributed by atoms with Gasteiger partial charge in [0, 0.05) is 98.8 Å². The molecular formula is C49H58N12O4. The number of rotatable bonds is 10. The number of anilines is 3. The van der Waals surface area contributed by atoms with Crippen molar-refractivity contribution >= 4 is 51.5 Å². The van der Waals surface area contributed by atoms with Gasteiger partial charge in [0.25, 0.3) is 11.7 Å². The van der Waals surface area contributed by atoms with Crippen molar-refractivity contribution in [3.63, 3.8) is 0 Å². The first-order valence-corrected chi connectivity index (χ1v) is 23.1. The fourth-order valence-electron chi connectivity index (χ4n) is 10.5. The third-order valence-corrected chi connectivity index (χ3v) is 14.1. The van der Waals surface area contributed by atoms with Gasteiger partial charge in [0.2, 0.25) is 11.8 Å². The molecule has 0 bridgehead atoms. The minimum absolute atomic E-state index is 0.0405. The van der Waals surface area contributed by atoms with E-state index in [9.17, 15) is 14.4 Å². The zero-order valence-electron chi connectivity index (χ0n) is 37.9. The molecule has 1 aromatic carbocycles. The van der Waals surface area contributed by atoms with E-state index in [0.717, 1.165) is 90.5 Å². The van der Waals surface area contributed by atoms with Crippen molar-refractivity contribution in [2.24, 2.45) is 23.7 Å². The number of hydrogen-bond acceptors (Lipinski definition) is 12. The quantitative estimate of drug-likeness (QED) is 0.137. The first-order valence-electron chi connectivity index (χ1n) is 23.1. The number of benzene rings is 1. The van der Waals surface area contributed by atoms with Crippen molar-refractivity contribution in [2.75, 3.05) is 67.1 Å². The van der Waals surface area contributed by atoms with Crippen molar-refractivity contribution in [3.8, 4) is 11.3 Å². The van der Waals surface area contributed by atoms with Crippen LogP contribution < -0.4 is 25.3 Å². The molecule has 16 heteroatoms. The fraction of sp³-hybridized carbons (Fsp3) is 0.469. The molecule has 4 aromatic heterocycles. The molecule has 10 rings (SSSR count). The molecule has 5 aromatic rings. The van der Waals surface area contributed by atoms with Gasteiger partial charge in [-0.2, -0.15) is 10.1 Å². The second-order valence-corrected chi connectivity index (χ2v) is 19.8. The van der Waals surface area contributed by atoms with Crippen molar-refractivity contribution in [3.05, 3.63) is 90.0 Å². The molecule has 5 aliphatic rings. The number of H-pyrrole nitrogens is 1. The summed E-state index contributed by atoms with van der Waals surface area (Å²) in [6, 6.07) is 14.1. The highest BCUT2D eigenvalue weighted by Crippen LogP contribution is 2.38. The second kappa shape index (κ2) is 17.2. The third-order valence-electron chi connectivity index (χ3n) is 14.1. The van der Waals surface area contributed by atoms with Crippen LogP contribution in [0.4, 0.5) is 21.9 Å². The van der Waals surface area contributed by atoms with Crippen LogP contribution in [0, 0.1) is 23.7 Å². The molecule has 3 N–H and O–H groups in total. The maximum atomic E-state index is 13.0. The Labute approximate surface area is 378 Å². The molecule has 8 heterocycles. The van der Waals surface area contributed by atoms with Crippen LogP contribution >= 0.6 is 0 Å². The standard InChI is InChI=1S/C49H58N12O4/c1-29-20-32(6-12-39(29)30(2)52-46(63)45-54-47(65-57-45)49(3,4)5)43-40-21-33(22-51-44(40)56-55-43)41-13-11-38(23-50-41)60-27-34-25-58(26-35(34)28-60)24-31-14-17-59(18-15-31)36-7-9-37(10-8-36)61-19-16-42(62)53-48(61)64/h6-13,21-23,29-31,34-35H,14-20,24-28H2,1-5H3,(H,52,63)(H,51,55,56)(H,53,62,64)/t29?,30-,34?,35?/m1/s1. The van der Waals surface area contributed by atoms with Crippen molar-refractivity contribution in [2.45, 2.75) is 71.8 Å². The molecule has 4 atom stereocenters. The largest absolute Gasteiger partial charge is 0.372 e. The van der Waals surface area contributed by atoms with Crippen molar-refractivity contribution < 1.29 is 18.9 Å². The van der Waals surface area contributed by atoms with Crippen molar-refractivity contribution in [1.29, 1.82) is 0 Å². The molecule has 338 valence electrons. The number of piperidine rings is 1. The molecule has 1 aliphatic carbocycles. The summed E-state index contributed by atoms with van der Waals surface area (Å²) in [5, 5.41) is 18.1. The Morgan fingerprint density at radius 2 is 1.65 bits per heavy atom. The van der Waals surface area contributed by atoms with Crippen LogP contribution in [0.15, 0.2) is 77.1 Å². The van der Waals surface area contributed by atoms with Crippen LogP contribution in [-0.4, -0.2) is 111 Å². The number of allylic oxidation sites excluding steroid dienone is 3. The number of amides is 4. The van der Waals surface area contributed by atoms with Gasteiger partial charge in [0.15, 0.2) is 5.65 Å². The van der Waals surface area contributed by atoms with Crippen LogP contribution in [0.2, 0.25) is 0 Å². The Balaban J connectivity index is 0.712. The Kier molecular flexibility index (Phi) is 11.2. The topological polar surface area (TPSA) is 182 Å². The highest BCUT2D eigenvalue weighted by atomic mass is 16.5. The first-order chi connectivity index (χ1) is 31.3. The minimum Gasteiger partial charge on any atom is -0.372 e. The summed E-state index contributed by atoms with van der Waals surface area (Å²) in [7, 11) is 0. The van der Waals surface area contributed by atoms with Crippen LogP contribution in [0.5, 0.6) is 0 Å². The lowest BCUT2D eigenvalue weighted by molar-refractivity contribution is -0.120. The van der Waals surface area contributed by atoms with Gasteiger partial charge in [0.05, 0.1) is 23.3 Å². The molecule has 0 radical (unpaired) electrons. The van der Waals surface area contributed by atoms with Gasteiger partial charge < -0.3 is 24.5 Å². The van der Waals surface area contributed by atoms with Gasteiger partial charge in [0.1, 0.15) is 0 Å². The summed E-state index contributed by atoms with van der Waals surface area (Å²) in [6.07, 6.45) is 11.5. The summed E-state index contributed by atoms with van der Waals surface area (Å²) in [4.78, 5) is 60.1. The lowest BCUT2D eigenvalue weighted by Crippen LogP contribution is -2.49. The van der Waals surface area contributed by atoms with Crippen LogP contribution in [0.3, 0.4) is 0 Å². The van der Waals surface area contributed by atoms with Gasteiger partial charge in [-0.3, -0.25) is 29.9 Å². The van der Waals surface area contributed by atoms with Crippen LogP contribution in [-0.2, 0) is 10.2 Å². The number of carbonyl (C=O) groups excluding carboxylic acids is 3. The smallest absolute Gasteiger partial charge is 0.328 e. The molecule has 0 saturated carbocycles. The van der Waals surface area contributed by atoms with Gasteiger partial charge in [-0.1, -0.05) is 45.0 Å². The average molecular weight is 879 g/mol. The molecule has 4 saturated heterocycles. The normalized spacial score (nSPS) is 22.5. The average Bonchev–Trinajstić information content (AvgIpc) is 4.11. The second-order valence-electron chi connectivity index (χ2n) is 19.8. The highest BCUT2D eigenvalue weighted by Gasteiger charge is 2.41. The number of likely N-dealkylation sites (tertiary alicyclic amines) is 1. The van der Waals surface area contributed by atoms with E-state index < -0.39 is 0 Å². The zero-order chi connectivity index (χ0) is 45.0. The molecule has 4 aliphatic heterocycles. The number of fused-ring (bicyclic) bond motifs is 2. The molecule has 4 amide bonds. The number of nitrogens with zero attached hydrogens (tertiary/aromatic N) is 9. The SMILES string of the molecule is CC1CC(c2n[nH]c3ncc(-c4ccc(N5CC6CN(CC7CCN(c8ccc(N9CCC(=O)NC9=O)cc8)CC7)CC6C5)cn4)cc23)=CC=C1[C@@H](C)NC(=O)c1noc(C(C)(C)C)n1. The molecule has 65 heavy (non-hydrogen) atoms. The predicted octanol–water partition coefficient (Wildman–Crippen LogP) is 6.60. The summed E-state index contributed by atoms with van der Waals surface area (Å²) < 4.78 is 5.33. The van der Waals surface area contributed by atoms with E-state index in [1.165, 1.54) is 30.8 Å². The van der Waals surface area contributed by atoms with Crippen molar-refractivity contribution in [1.82, 2.24) is 45.8 Å². The van der Waals surface area contributed by atoms with Gasteiger partial charge in [-0.25, -0.2) is 9.78 Å². The Morgan fingerprint density at radius 3 is 2.32 bits per heavy atom. The summed E-state index contributed by atoms with van der Waals surface area (Å²) in [5.74, 6) is 2.10. The number of pyridine rings is 2.